The molecule has 1 saturated carbocycles. The summed E-state index contributed by atoms with van der Waals surface area (Å²) in [5, 5.41) is 9.68. The molecular weight excluding hydrogens is 152 g/mol. The quantitative estimate of drug-likeness (QED) is 0.616. The molecule has 1 atom stereocenters. The first kappa shape index (κ1) is 8.48. The summed E-state index contributed by atoms with van der Waals surface area (Å²) < 4.78 is 0. The summed E-state index contributed by atoms with van der Waals surface area (Å²) in [5.74, 6) is 0.673. The van der Waals surface area contributed by atoms with Crippen molar-refractivity contribution in [3.63, 3.8) is 0 Å². The molecule has 2 fully saturated rings. The number of likely N-dealkylation sites (tertiary alicyclic amines) is 1. The smallest absolute Gasteiger partial charge is 0.0776 e. The van der Waals surface area contributed by atoms with Gasteiger partial charge in [0.25, 0.3) is 0 Å². The molecule has 12 heavy (non-hydrogen) atoms. The van der Waals surface area contributed by atoms with Crippen LogP contribution < -0.4 is 5.73 Å². The van der Waals surface area contributed by atoms with Crippen molar-refractivity contribution in [1.82, 2.24) is 4.90 Å². The summed E-state index contributed by atoms with van der Waals surface area (Å²) >= 11 is 0. The largest absolute Gasteiger partial charge is 0.389 e. The highest BCUT2D eigenvalue weighted by molar-refractivity contribution is 4.97. The minimum atomic E-state index is -0.316. The Labute approximate surface area is 73.5 Å². The summed E-state index contributed by atoms with van der Waals surface area (Å²) in [6, 6.07) is 0. The second-order valence-corrected chi connectivity index (χ2v) is 4.35. The van der Waals surface area contributed by atoms with E-state index in [0.29, 0.717) is 5.92 Å². The maximum atomic E-state index is 9.68. The summed E-state index contributed by atoms with van der Waals surface area (Å²) in [4.78, 5) is 2.35. The van der Waals surface area contributed by atoms with Gasteiger partial charge in [0.05, 0.1) is 5.60 Å². The molecule has 0 radical (unpaired) electrons. The fourth-order valence-corrected chi connectivity index (χ4v) is 1.97. The van der Waals surface area contributed by atoms with Gasteiger partial charge in [0, 0.05) is 13.1 Å². The highest BCUT2D eigenvalue weighted by Crippen LogP contribution is 2.36. The first-order valence-corrected chi connectivity index (χ1v) is 4.87. The molecule has 1 aliphatic carbocycles. The Balaban J connectivity index is 1.76. The molecule has 3 nitrogen and oxygen atoms in total. The van der Waals surface area contributed by atoms with Crippen molar-refractivity contribution < 1.29 is 5.11 Å². The van der Waals surface area contributed by atoms with Crippen LogP contribution >= 0.6 is 0 Å². The second-order valence-electron chi connectivity index (χ2n) is 4.35. The summed E-state index contributed by atoms with van der Waals surface area (Å²) in [7, 11) is 0. The van der Waals surface area contributed by atoms with Crippen LogP contribution in [0.25, 0.3) is 0 Å². The van der Waals surface area contributed by atoms with Crippen molar-refractivity contribution in [2.24, 2.45) is 11.7 Å². The zero-order valence-electron chi connectivity index (χ0n) is 7.50. The van der Waals surface area contributed by atoms with E-state index < -0.39 is 0 Å². The number of hydrogen-bond donors (Lipinski definition) is 2. The van der Waals surface area contributed by atoms with Gasteiger partial charge in [0.15, 0.2) is 0 Å². The minimum Gasteiger partial charge on any atom is -0.389 e. The average molecular weight is 170 g/mol. The van der Waals surface area contributed by atoms with Crippen molar-refractivity contribution in [1.29, 1.82) is 0 Å². The molecule has 3 heteroatoms. The van der Waals surface area contributed by atoms with Crippen LogP contribution in [0.5, 0.6) is 0 Å². The summed E-state index contributed by atoms with van der Waals surface area (Å²) in [6.45, 7) is 3.90. The van der Waals surface area contributed by atoms with Crippen LogP contribution in [-0.4, -0.2) is 41.8 Å². The molecule has 1 heterocycles. The fraction of sp³-hybridized carbons (Fsp3) is 1.00. The third-order valence-electron chi connectivity index (χ3n) is 3.05. The van der Waals surface area contributed by atoms with Crippen LogP contribution in [0.4, 0.5) is 0 Å². The van der Waals surface area contributed by atoms with E-state index in [4.69, 9.17) is 5.73 Å². The molecule has 1 unspecified atom stereocenters. The molecule has 0 amide bonds. The fourth-order valence-electron chi connectivity index (χ4n) is 1.97. The molecule has 0 aromatic heterocycles. The van der Waals surface area contributed by atoms with Gasteiger partial charge in [-0.25, -0.2) is 0 Å². The Morgan fingerprint density at radius 3 is 2.75 bits per heavy atom. The van der Waals surface area contributed by atoms with Crippen molar-refractivity contribution >= 4 is 0 Å². The van der Waals surface area contributed by atoms with Crippen molar-refractivity contribution in [3.05, 3.63) is 0 Å². The van der Waals surface area contributed by atoms with Crippen LogP contribution in [0.3, 0.4) is 0 Å². The van der Waals surface area contributed by atoms with E-state index in [9.17, 15) is 5.11 Å². The van der Waals surface area contributed by atoms with E-state index in [1.54, 1.807) is 0 Å². The molecule has 70 valence electrons. The summed E-state index contributed by atoms with van der Waals surface area (Å²) in [5.41, 5.74) is 5.27. The molecule has 0 aromatic rings. The number of rotatable bonds is 3. The monoisotopic (exact) mass is 170 g/mol. The van der Waals surface area contributed by atoms with E-state index in [0.717, 1.165) is 39.0 Å². The lowest BCUT2D eigenvalue weighted by atomic mass is 10.1. The zero-order valence-corrected chi connectivity index (χ0v) is 7.50. The van der Waals surface area contributed by atoms with Gasteiger partial charge < -0.3 is 15.7 Å². The highest BCUT2D eigenvalue weighted by Gasteiger charge is 2.42. The van der Waals surface area contributed by atoms with Crippen molar-refractivity contribution in [3.8, 4) is 0 Å². The lowest BCUT2D eigenvalue weighted by Crippen LogP contribution is -2.32. The SMILES string of the molecule is NCC1CCN(CC2(O)CC2)C1. The highest BCUT2D eigenvalue weighted by atomic mass is 16.3. The van der Waals surface area contributed by atoms with Gasteiger partial charge in [-0.3, -0.25) is 0 Å². The second kappa shape index (κ2) is 2.98. The average Bonchev–Trinajstić information content (AvgIpc) is 2.63. The predicted octanol–water partition coefficient (Wildman–Crippen LogP) is -0.208. The Bertz CT molecular complexity index is 168. The van der Waals surface area contributed by atoms with Crippen LogP contribution in [0.2, 0.25) is 0 Å². The van der Waals surface area contributed by atoms with Crippen molar-refractivity contribution in [2.45, 2.75) is 24.9 Å². The molecule has 3 N–H and O–H groups in total. The predicted molar refractivity (Wildman–Crippen MR) is 47.8 cm³/mol. The Morgan fingerprint density at radius 1 is 1.50 bits per heavy atom. The molecule has 1 aliphatic heterocycles. The number of β-amino-alcohol motifs (C(OH)–C–C–N with tert-alkyl or cyclic N) is 1. The van der Waals surface area contributed by atoms with Crippen molar-refractivity contribution in [2.75, 3.05) is 26.2 Å². The van der Waals surface area contributed by atoms with Gasteiger partial charge in [-0.2, -0.15) is 0 Å². The Kier molecular flexibility index (Phi) is 2.10. The van der Waals surface area contributed by atoms with Gasteiger partial charge in [0.2, 0.25) is 0 Å². The van der Waals surface area contributed by atoms with Gasteiger partial charge in [-0.15, -0.1) is 0 Å². The van der Waals surface area contributed by atoms with Crippen LogP contribution in [0, 0.1) is 5.92 Å². The van der Waals surface area contributed by atoms with E-state index in [2.05, 4.69) is 4.90 Å². The van der Waals surface area contributed by atoms with Gasteiger partial charge >= 0.3 is 0 Å². The normalized spacial score (nSPS) is 34.0. The van der Waals surface area contributed by atoms with E-state index >= 15 is 0 Å². The maximum Gasteiger partial charge on any atom is 0.0776 e. The molecule has 0 spiro atoms. The first-order chi connectivity index (χ1) is 5.72. The number of nitrogens with zero attached hydrogens (tertiary/aromatic N) is 1. The van der Waals surface area contributed by atoms with Gasteiger partial charge in [-0.05, 0) is 38.3 Å². The first-order valence-electron chi connectivity index (χ1n) is 4.87. The lowest BCUT2D eigenvalue weighted by molar-refractivity contribution is 0.101. The topological polar surface area (TPSA) is 49.5 Å². The zero-order chi connectivity index (χ0) is 8.60. The van der Waals surface area contributed by atoms with E-state index in [1.807, 2.05) is 0 Å². The lowest BCUT2D eigenvalue weighted by Gasteiger charge is -2.18. The number of aliphatic hydroxyl groups is 1. The molecule has 2 aliphatic rings. The molecule has 0 bridgehead atoms. The van der Waals surface area contributed by atoms with E-state index in [1.165, 1.54) is 6.42 Å². The number of nitrogens with two attached hydrogens (primary N) is 1. The van der Waals surface area contributed by atoms with Crippen LogP contribution in [0.1, 0.15) is 19.3 Å². The summed E-state index contributed by atoms with van der Waals surface area (Å²) in [6.07, 6.45) is 3.21. The number of hydrogen-bond acceptors (Lipinski definition) is 3. The molecule has 0 aromatic carbocycles. The molecular formula is C9H18N2O. The standard InChI is InChI=1S/C9H18N2O/c10-5-8-1-4-11(6-8)7-9(12)2-3-9/h8,12H,1-7,10H2. The van der Waals surface area contributed by atoms with E-state index in [-0.39, 0.29) is 5.60 Å². The van der Waals surface area contributed by atoms with Gasteiger partial charge in [0.1, 0.15) is 0 Å². The Hall–Kier alpha value is -0.120. The third kappa shape index (κ3) is 1.79. The van der Waals surface area contributed by atoms with Gasteiger partial charge in [-0.1, -0.05) is 0 Å². The Morgan fingerprint density at radius 2 is 2.25 bits per heavy atom. The minimum absolute atomic E-state index is 0.316. The molecule has 2 rings (SSSR count). The molecule has 1 saturated heterocycles. The van der Waals surface area contributed by atoms with Crippen LogP contribution in [0.15, 0.2) is 0 Å². The maximum absolute atomic E-state index is 9.68. The third-order valence-corrected chi connectivity index (χ3v) is 3.05. The van der Waals surface area contributed by atoms with Crippen LogP contribution in [-0.2, 0) is 0 Å².